The fourth-order valence-corrected chi connectivity index (χ4v) is 2.87. The summed E-state index contributed by atoms with van der Waals surface area (Å²) in [6.45, 7) is 4.09. The Labute approximate surface area is 112 Å². The van der Waals surface area contributed by atoms with Gasteiger partial charge in [0, 0.05) is 25.0 Å². The van der Waals surface area contributed by atoms with Gasteiger partial charge in [0.15, 0.2) is 0 Å². The lowest BCUT2D eigenvalue weighted by Gasteiger charge is -2.33. The van der Waals surface area contributed by atoms with Crippen molar-refractivity contribution in [2.45, 2.75) is 77.3 Å². The summed E-state index contributed by atoms with van der Waals surface area (Å²) in [5.41, 5.74) is 5.74. The van der Waals surface area contributed by atoms with Crippen LogP contribution in [-0.2, 0) is 4.79 Å². The second kappa shape index (κ2) is 7.78. The van der Waals surface area contributed by atoms with Crippen LogP contribution in [0.2, 0.25) is 0 Å². The summed E-state index contributed by atoms with van der Waals surface area (Å²) in [6, 6.07) is 0.741. The van der Waals surface area contributed by atoms with Crippen molar-refractivity contribution in [3.8, 4) is 0 Å². The molecule has 1 rings (SSSR count). The largest absolute Gasteiger partial charge is 0.343 e. The summed E-state index contributed by atoms with van der Waals surface area (Å²) in [4.78, 5) is 14.3. The van der Waals surface area contributed by atoms with Gasteiger partial charge in [0.2, 0.25) is 5.91 Å². The maximum Gasteiger partial charge on any atom is 0.225 e. The van der Waals surface area contributed by atoms with Crippen LogP contribution < -0.4 is 5.73 Å². The molecule has 0 aliphatic heterocycles. The number of nitrogens with two attached hydrogens (primary N) is 1. The van der Waals surface area contributed by atoms with Gasteiger partial charge in [-0.1, -0.05) is 32.6 Å². The smallest absolute Gasteiger partial charge is 0.225 e. The quantitative estimate of drug-likeness (QED) is 0.792. The third-order valence-corrected chi connectivity index (χ3v) is 4.19. The number of rotatable bonds is 6. The molecule has 0 aromatic rings. The summed E-state index contributed by atoms with van der Waals surface area (Å²) < 4.78 is 0. The number of carbonyl (C=O) groups excluding carboxylic acids is 1. The van der Waals surface area contributed by atoms with Gasteiger partial charge < -0.3 is 10.6 Å². The van der Waals surface area contributed by atoms with Crippen molar-refractivity contribution < 1.29 is 4.79 Å². The Balaban J connectivity index is 2.32. The van der Waals surface area contributed by atoms with E-state index in [0.717, 1.165) is 19.3 Å². The van der Waals surface area contributed by atoms with Gasteiger partial charge in [0.1, 0.15) is 0 Å². The molecule has 2 atom stereocenters. The van der Waals surface area contributed by atoms with Crippen LogP contribution >= 0.6 is 0 Å². The Bertz CT molecular complexity index is 247. The van der Waals surface area contributed by atoms with E-state index in [4.69, 9.17) is 5.73 Å². The monoisotopic (exact) mass is 254 g/mol. The lowest BCUT2D eigenvalue weighted by Crippen LogP contribution is -2.41. The summed E-state index contributed by atoms with van der Waals surface area (Å²) in [5, 5.41) is 0. The summed E-state index contributed by atoms with van der Waals surface area (Å²) in [5.74, 6) is 0.474. The summed E-state index contributed by atoms with van der Waals surface area (Å²) in [6.07, 6.45) is 9.32. The second-order valence-electron chi connectivity index (χ2n) is 6.05. The number of carbonyl (C=O) groups is 1. The van der Waals surface area contributed by atoms with E-state index in [2.05, 4.69) is 6.92 Å². The number of hydrogen-bond acceptors (Lipinski definition) is 2. The first-order chi connectivity index (χ1) is 8.52. The van der Waals surface area contributed by atoms with E-state index in [1.54, 1.807) is 0 Å². The number of hydrogen-bond donors (Lipinski definition) is 1. The van der Waals surface area contributed by atoms with Crippen molar-refractivity contribution in [1.29, 1.82) is 0 Å². The van der Waals surface area contributed by atoms with Crippen molar-refractivity contribution in [3.63, 3.8) is 0 Å². The topological polar surface area (TPSA) is 46.3 Å². The Kier molecular flexibility index (Phi) is 6.69. The molecule has 0 bridgehead atoms. The van der Waals surface area contributed by atoms with Gasteiger partial charge in [0.25, 0.3) is 0 Å². The Morgan fingerprint density at radius 2 is 1.83 bits per heavy atom. The first-order valence-electron chi connectivity index (χ1n) is 7.54. The molecular weight excluding hydrogens is 224 g/mol. The molecule has 0 aromatic carbocycles. The molecule has 106 valence electrons. The molecule has 0 aromatic heterocycles. The van der Waals surface area contributed by atoms with Gasteiger partial charge in [-0.2, -0.15) is 0 Å². The third kappa shape index (κ3) is 4.97. The average Bonchev–Trinajstić information content (AvgIpc) is 2.37. The minimum absolute atomic E-state index is 0.149. The van der Waals surface area contributed by atoms with E-state index in [-0.39, 0.29) is 12.0 Å². The van der Waals surface area contributed by atoms with Gasteiger partial charge in [0.05, 0.1) is 0 Å². The zero-order valence-electron chi connectivity index (χ0n) is 12.3. The van der Waals surface area contributed by atoms with Crippen LogP contribution in [-0.4, -0.2) is 29.9 Å². The van der Waals surface area contributed by atoms with Crippen LogP contribution in [0.3, 0.4) is 0 Å². The molecule has 2 N–H and O–H groups in total. The van der Waals surface area contributed by atoms with Gasteiger partial charge >= 0.3 is 0 Å². The first-order valence-corrected chi connectivity index (χ1v) is 7.54. The van der Waals surface area contributed by atoms with Crippen LogP contribution in [0, 0.1) is 5.92 Å². The molecule has 0 spiro atoms. The lowest BCUT2D eigenvalue weighted by molar-refractivity contribution is -0.136. The number of amides is 1. The van der Waals surface area contributed by atoms with E-state index in [0.29, 0.717) is 11.9 Å². The van der Waals surface area contributed by atoms with Crippen molar-refractivity contribution >= 4 is 5.91 Å². The fraction of sp³-hybridized carbons (Fsp3) is 0.933. The minimum Gasteiger partial charge on any atom is -0.343 e. The third-order valence-electron chi connectivity index (χ3n) is 4.19. The molecule has 18 heavy (non-hydrogen) atoms. The van der Waals surface area contributed by atoms with Crippen molar-refractivity contribution in [2.75, 3.05) is 7.05 Å². The molecule has 3 heteroatoms. The predicted octanol–water partition coefficient (Wildman–Crippen LogP) is 2.93. The highest BCUT2D eigenvalue weighted by molar-refractivity contribution is 5.78. The van der Waals surface area contributed by atoms with Gasteiger partial charge in [-0.3, -0.25) is 4.79 Å². The lowest BCUT2D eigenvalue weighted by atomic mass is 9.93. The van der Waals surface area contributed by atoms with Crippen LogP contribution in [0.4, 0.5) is 0 Å². The van der Waals surface area contributed by atoms with Crippen molar-refractivity contribution in [2.24, 2.45) is 11.7 Å². The SMILES string of the molecule is CC(N)CCCC(C)C(=O)N(C)C1CCCCC1. The second-order valence-corrected chi connectivity index (χ2v) is 6.05. The summed E-state index contributed by atoms with van der Waals surface area (Å²) >= 11 is 0. The zero-order valence-corrected chi connectivity index (χ0v) is 12.3. The highest BCUT2D eigenvalue weighted by Gasteiger charge is 2.25. The predicted molar refractivity (Wildman–Crippen MR) is 76.3 cm³/mol. The normalized spacial score (nSPS) is 20.4. The molecule has 1 fully saturated rings. The van der Waals surface area contributed by atoms with Gasteiger partial charge in [-0.05, 0) is 32.6 Å². The van der Waals surface area contributed by atoms with Crippen molar-refractivity contribution in [3.05, 3.63) is 0 Å². The highest BCUT2D eigenvalue weighted by atomic mass is 16.2. The van der Waals surface area contributed by atoms with Crippen LogP contribution in [0.5, 0.6) is 0 Å². The Hall–Kier alpha value is -0.570. The van der Waals surface area contributed by atoms with E-state index in [1.807, 2.05) is 18.9 Å². The fourth-order valence-electron chi connectivity index (χ4n) is 2.87. The zero-order chi connectivity index (χ0) is 13.5. The highest BCUT2D eigenvalue weighted by Crippen LogP contribution is 2.23. The standard InChI is InChI=1S/C15H30N2O/c1-12(8-7-9-13(2)16)15(18)17(3)14-10-5-4-6-11-14/h12-14H,4-11,16H2,1-3H3. The molecule has 3 nitrogen and oxygen atoms in total. The molecule has 0 radical (unpaired) electrons. The molecule has 2 unspecified atom stereocenters. The van der Waals surface area contributed by atoms with Crippen molar-refractivity contribution in [1.82, 2.24) is 4.90 Å². The molecular formula is C15H30N2O. The minimum atomic E-state index is 0.149. The molecule has 0 saturated heterocycles. The van der Waals surface area contributed by atoms with Crippen LogP contribution in [0.25, 0.3) is 0 Å². The van der Waals surface area contributed by atoms with Gasteiger partial charge in [-0.25, -0.2) is 0 Å². The van der Waals surface area contributed by atoms with E-state index in [9.17, 15) is 4.79 Å². The molecule has 1 saturated carbocycles. The molecule has 1 aliphatic carbocycles. The van der Waals surface area contributed by atoms with E-state index < -0.39 is 0 Å². The molecule has 0 heterocycles. The average molecular weight is 254 g/mol. The van der Waals surface area contributed by atoms with Gasteiger partial charge in [-0.15, -0.1) is 0 Å². The Morgan fingerprint density at radius 1 is 1.22 bits per heavy atom. The van der Waals surface area contributed by atoms with Crippen LogP contribution in [0.1, 0.15) is 65.2 Å². The maximum atomic E-state index is 12.3. The van der Waals surface area contributed by atoms with E-state index >= 15 is 0 Å². The summed E-state index contributed by atoms with van der Waals surface area (Å²) in [7, 11) is 1.99. The molecule has 1 aliphatic rings. The first kappa shape index (κ1) is 15.5. The molecule has 1 amide bonds. The Morgan fingerprint density at radius 3 is 2.39 bits per heavy atom. The van der Waals surface area contributed by atoms with E-state index in [1.165, 1.54) is 32.1 Å². The maximum absolute atomic E-state index is 12.3. The number of nitrogens with zero attached hydrogens (tertiary/aromatic N) is 1. The van der Waals surface area contributed by atoms with Crippen LogP contribution in [0.15, 0.2) is 0 Å².